The first-order valence-corrected chi connectivity index (χ1v) is 11.0. The number of hydrogen-bond acceptors (Lipinski definition) is 5. The summed E-state index contributed by atoms with van der Waals surface area (Å²) in [7, 11) is 0. The predicted octanol–water partition coefficient (Wildman–Crippen LogP) is 2.13. The smallest absolute Gasteiger partial charge is 0.227 e. The van der Waals surface area contributed by atoms with E-state index in [4.69, 9.17) is 4.74 Å². The molecule has 31 heavy (non-hydrogen) atoms. The Morgan fingerprint density at radius 1 is 0.871 bits per heavy atom. The summed E-state index contributed by atoms with van der Waals surface area (Å²) < 4.78 is 5.59. The number of anilines is 2. The van der Waals surface area contributed by atoms with Gasteiger partial charge in [-0.3, -0.25) is 14.5 Å². The molecule has 7 heteroatoms. The van der Waals surface area contributed by atoms with Crippen LogP contribution in [0.25, 0.3) is 0 Å². The van der Waals surface area contributed by atoms with Crippen LogP contribution in [0.3, 0.4) is 0 Å². The second-order valence-corrected chi connectivity index (χ2v) is 7.88. The zero-order valence-corrected chi connectivity index (χ0v) is 17.8. The molecule has 1 saturated heterocycles. The summed E-state index contributed by atoms with van der Waals surface area (Å²) in [5.41, 5.74) is 2.05. The van der Waals surface area contributed by atoms with E-state index in [9.17, 15) is 9.59 Å². The van der Waals surface area contributed by atoms with Crippen molar-refractivity contribution in [2.45, 2.75) is 12.8 Å². The molecule has 0 spiro atoms. The molecule has 2 aliphatic rings. The van der Waals surface area contributed by atoms with Gasteiger partial charge in [0, 0.05) is 57.8 Å². The fraction of sp³-hybridized carbons (Fsp3) is 0.417. The van der Waals surface area contributed by atoms with Crippen LogP contribution in [0.15, 0.2) is 54.6 Å². The molecule has 0 unspecified atom stereocenters. The number of nitrogens with zero attached hydrogens (tertiary/aromatic N) is 3. The second-order valence-electron chi connectivity index (χ2n) is 7.88. The van der Waals surface area contributed by atoms with E-state index in [1.807, 2.05) is 30.3 Å². The third kappa shape index (κ3) is 5.55. The number of amides is 2. The summed E-state index contributed by atoms with van der Waals surface area (Å²) in [6.07, 6.45) is 0.413. The molecule has 2 aromatic rings. The van der Waals surface area contributed by atoms with Crippen molar-refractivity contribution < 1.29 is 14.3 Å². The van der Waals surface area contributed by atoms with Crippen molar-refractivity contribution in [1.82, 2.24) is 10.2 Å². The minimum Gasteiger partial charge on any atom is -0.490 e. The molecular formula is C24H30N4O3. The lowest BCUT2D eigenvalue weighted by Gasteiger charge is -2.36. The van der Waals surface area contributed by atoms with Gasteiger partial charge in [0.25, 0.3) is 0 Å². The van der Waals surface area contributed by atoms with E-state index in [2.05, 4.69) is 39.4 Å². The molecule has 2 amide bonds. The number of nitrogens with one attached hydrogen (secondary N) is 1. The molecule has 0 radical (unpaired) electrons. The molecule has 0 atom stereocenters. The highest BCUT2D eigenvalue weighted by molar-refractivity contribution is 5.97. The lowest BCUT2D eigenvalue weighted by atomic mass is 10.2. The summed E-state index contributed by atoms with van der Waals surface area (Å²) in [5, 5.41) is 2.96. The largest absolute Gasteiger partial charge is 0.490 e. The van der Waals surface area contributed by atoms with Gasteiger partial charge >= 0.3 is 0 Å². The minimum atomic E-state index is -0.0715. The van der Waals surface area contributed by atoms with Gasteiger partial charge in [0.15, 0.2) is 0 Å². The Morgan fingerprint density at radius 2 is 1.61 bits per heavy atom. The quantitative estimate of drug-likeness (QED) is 0.741. The van der Waals surface area contributed by atoms with Gasteiger partial charge in [-0.1, -0.05) is 30.3 Å². The van der Waals surface area contributed by atoms with E-state index < -0.39 is 0 Å². The van der Waals surface area contributed by atoms with Gasteiger partial charge in [-0.25, -0.2) is 0 Å². The van der Waals surface area contributed by atoms with Crippen LogP contribution >= 0.6 is 0 Å². The van der Waals surface area contributed by atoms with Crippen molar-refractivity contribution in [3.8, 4) is 5.75 Å². The van der Waals surface area contributed by atoms with Crippen LogP contribution in [-0.4, -0.2) is 69.1 Å². The number of fused-ring (bicyclic) bond motifs is 1. The van der Waals surface area contributed by atoms with Crippen molar-refractivity contribution in [2.75, 3.05) is 62.2 Å². The fourth-order valence-corrected chi connectivity index (χ4v) is 4.09. The molecule has 1 N–H and O–H groups in total. The van der Waals surface area contributed by atoms with Gasteiger partial charge in [-0.05, 0) is 24.3 Å². The van der Waals surface area contributed by atoms with Gasteiger partial charge in [-0.15, -0.1) is 0 Å². The van der Waals surface area contributed by atoms with Crippen LogP contribution in [0, 0.1) is 0 Å². The first-order valence-electron chi connectivity index (χ1n) is 11.0. The van der Waals surface area contributed by atoms with Gasteiger partial charge in [0.05, 0.1) is 12.2 Å². The standard InChI is InChI=1S/C24H30N4O3/c29-23(10-11-24(30)28-18-19-31-22-9-5-4-8-21(22)28)25-12-13-26-14-16-27(17-15-26)20-6-2-1-3-7-20/h1-9H,10-19H2,(H,25,29). The summed E-state index contributed by atoms with van der Waals surface area (Å²) >= 11 is 0. The lowest BCUT2D eigenvalue weighted by molar-refractivity contribution is -0.125. The number of benzene rings is 2. The van der Waals surface area contributed by atoms with Crippen LogP contribution < -0.4 is 19.9 Å². The maximum atomic E-state index is 12.6. The molecule has 164 valence electrons. The zero-order valence-electron chi connectivity index (χ0n) is 17.8. The van der Waals surface area contributed by atoms with Crippen LogP contribution in [-0.2, 0) is 9.59 Å². The highest BCUT2D eigenvalue weighted by atomic mass is 16.5. The van der Waals surface area contributed by atoms with Crippen LogP contribution in [0.5, 0.6) is 5.75 Å². The van der Waals surface area contributed by atoms with E-state index in [1.54, 1.807) is 4.90 Å². The van der Waals surface area contributed by atoms with Crippen LogP contribution in [0.1, 0.15) is 12.8 Å². The zero-order chi connectivity index (χ0) is 21.5. The van der Waals surface area contributed by atoms with Crippen molar-refractivity contribution in [3.63, 3.8) is 0 Å². The van der Waals surface area contributed by atoms with E-state index >= 15 is 0 Å². The number of carbonyl (C=O) groups excluding carboxylic acids is 2. The van der Waals surface area contributed by atoms with Gasteiger partial charge in [0.1, 0.15) is 12.4 Å². The Hall–Kier alpha value is -3.06. The minimum absolute atomic E-state index is 0.0390. The van der Waals surface area contributed by atoms with Gasteiger partial charge in [-0.2, -0.15) is 0 Å². The molecular weight excluding hydrogens is 392 g/mol. The van der Waals surface area contributed by atoms with Crippen molar-refractivity contribution in [2.24, 2.45) is 0 Å². The summed E-state index contributed by atoms with van der Waals surface area (Å²) in [5.74, 6) is 0.611. The molecule has 2 aliphatic heterocycles. The molecule has 0 bridgehead atoms. The van der Waals surface area contributed by atoms with E-state index in [1.165, 1.54) is 5.69 Å². The molecule has 0 aromatic heterocycles. The van der Waals surface area contributed by atoms with E-state index in [-0.39, 0.29) is 24.7 Å². The highest BCUT2D eigenvalue weighted by Gasteiger charge is 2.23. The Bertz CT molecular complexity index is 881. The number of ether oxygens (including phenoxy) is 1. The monoisotopic (exact) mass is 422 g/mol. The fourth-order valence-electron chi connectivity index (χ4n) is 4.09. The molecule has 0 aliphatic carbocycles. The highest BCUT2D eigenvalue weighted by Crippen LogP contribution is 2.31. The Labute approximate surface area is 183 Å². The molecule has 0 saturated carbocycles. The normalized spacial score (nSPS) is 16.4. The second kappa shape index (κ2) is 10.3. The predicted molar refractivity (Wildman–Crippen MR) is 122 cm³/mol. The maximum Gasteiger partial charge on any atom is 0.227 e. The average Bonchev–Trinajstić information content (AvgIpc) is 2.83. The van der Waals surface area contributed by atoms with Crippen molar-refractivity contribution in [3.05, 3.63) is 54.6 Å². The summed E-state index contributed by atoms with van der Waals surface area (Å²) in [6.45, 7) is 6.40. The third-order valence-electron chi connectivity index (χ3n) is 5.84. The number of carbonyl (C=O) groups is 2. The Balaban J connectivity index is 1.14. The number of piperazine rings is 1. The molecule has 4 rings (SSSR count). The SMILES string of the molecule is O=C(CCC(=O)N1CCOc2ccccc21)NCCN1CCN(c2ccccc2)CC1. The van der Waals surface area contributed by atoms with Crippen LogP contribution in [0.2, 0.25) is 0 Å². The first kappa shape index (κ1) is 21.2. The molecule has 2 aromatic carbocycles. The molecule has 2 heterocycles. The van der Waals surface area contributed by atoms with Gasteiger partial charge in [0.2, 0.25) is 11.8 Å². The molecule has 1 fully saturated rings. The summed E-state index contributed by atoms with van der Waals surface area (Å²) in [6, 6.07) is 18.0. The Kier molecular flexibility index (Phi) is 7.04. The summed E-state index contributed by atoms with van der Waals surface area (Å²) in [4.78, 5) is 31.3. The van der Waals surface area contributed by atoms with Crippen molar-refractivity contribution in [1.29, 1.82) is 0 Å². The molecule has 7 nitrogen and oxygen atoms in total. The van der Waals surface area contributed by atoms with E-state index in [0.717, 1.165) is 44.2 Å². The number of rotatable bonds is 7. The average molecular weight is 423 g/mol. The number of para-hydroxylation sites is 3. The topological polar surface area (TPSA) is 65.1 Å². The third-order valence-corrected chi connectivity index (χ3v) is 5.84. The van der Waals surface area contributed by atoms with Gasteiger partial charge < -0.3 is 19.9 Å². The number of hydrogen-bond donors (Lipinski definition) is 1. The first-order chi connectivity index (χ1) is 15.2. The van der Waals surface area contributed by atoms with Crippen LogP contribution in [0.4, 0.5) is 11.4 Å². The Morgan fingerprint density at radius 3 is 2.42 bits per heavy atom. The maximum absolute atomic E-state index is 12.6. The lowest BCUT2D eigenvalue weighted by Crippen LogP contribution is -2.48. The van der Waals surface area contributed by atoms with E-state index in [0.29, 0.717) is 19.7 Å². The van der Waals surface area contributed by atoms with Crippen molar-refractivity contribution >= 4 is 23.2 Å².